The highest BCUT2D eigenvalue weighted by Gasteiger charge is 2.15. The molecule has 0 aliphatic carbocycles. The van der Waals surface area contributed by atoms with Crippen molar-refractivity contribution < 1.29 is 0 Å². The molecule has 1 atom stereocenters. The highest BCUT2D eigenvalue weighted by Crippen LogP contribution is 2.23. The number of hydrogen-bond acceptors (Lipinski definition) is 3. The van der Waals surface area contributed by atoms with Gasteiger partial charge in [0.05, 0.1) is 16.8 Å². The van der Waals surface area contributed by atoms with Gasteiger partial charge in [-0.25, -0.2) is 0 Å². The topological polar surface area (TPSA) is 27.3 Å². The van der Waals surface area contributed by atoms with E-state index in [0.717, 1.165) is 12.2 Å². The third-order valence-corrected chi connectivity index (χ3v) is 4.62. The first-order valence-corrected chi connectivity index (χ1v) is 8.23. The molecule has 2 N–H and O–H groups in total. The maximum atomic E-state index is 6.11. The van der Waals surface area contributed by atoms with Gasteiger partial charge in [-0.2, -0.15) is 0 Å². The van der Waals surface area contributed by atoms with E-state index in [0.29, 0.717) is 10.1 Å². The van der Waals surface area contributed by atoms with Crippen molar-refractivity contribution in [1.82, 2.24) is 10.2 Å². The average Bonchev–Trinajstić information content (AvgIpc) is 2.95. The van der Waals surface area contributed by atoms with Gasteiger partial charge in [-0.15, -0.1) is 11.3 Å². The Kier molecular flexibility index (Phi) is 5.99. The molecule has 2 aromatic rings. The summed E-state index contributed by atoms with van der Waals surface area (Å²) in [6, 6.07) is 12.0. The number of likely N-dealkylation sites (N-methyl/N-ethyl adjacent to an activating group) is 1. The Labute approximate surface area is 139 Å². The molecule has 0 bridgehead atoms. The van der Waals surface area contributed by atoms with E-state index in [4.69, 9.17) is 23.8 Å². The van der Waals surface area contributed by atoms with Crippen LogP contribution in [0.25, 0.3) is 0 Å². The Morgan fingerprint density at radius 2 is 2.05 bits per heavy atom. The molecule has 0 saturated carbocycles. The van der Waals surface area contributed by atoms with Crippen LogP contribution >= 0.6 is 35.2 Å². The first kappa shape index (κ1) is 16.2. The van der Waals surface area contributed by atoms with Crippen LogP contribution in [0.5, 0.6) is 0 Å². The van der Waals surface area contributed by atoms with E-state index in [2.05, 4.69) is 47.1 Å². The normalized spacial score (nSPS) is 12.2. The summed E-state index contributed by atoms with van der Waals surface area (Å²) in [6.45, 7) is 0.740. The molecular weight excluding hydrogens is 322 g/mol. The minimum absolute atomic E-state index is 0.288. The first-order valence-electron chi connectivity index (χ1n) is 6.57. The summed E-state index contributed by atoms with van der Waals surface area (Å²) >= 11 is 13.2. The lowest BCUT2D eigenvalue weighted by Crippen LogP contribution is -2.36. The smallest absolute Gasteiger partial charge is 0.170 e. The monoisotopic (exact) mass is 339 g/mol. The molecule has 1 aromatic heterocycles. The van der Waals surface area contributed by atoms with E-state index in [1.165, 1.54) is 4.88 Å². The largest absolute Gasteiger partial charge is 0.360 e. The zero-order valence-electron chi connectivity index (χ0n) is 12.0. The quantitative estimate of drug-likeness (QED) is 0.805. The van der Waals surface area contributed by atoms with E-state index in [1.54, 1.807) is 11.3 Å². The summed E-state index contributed by atoms with van der Waals surface area (Å²) in [5, 5.41) is 9.70. The number of nitrogens with one attached hydrogen (secondary N) is 2. The zero-order valence-corrected chi connectivity index (χ0v) is 14.4. The molecule has 112 valence electrons. The first-order chi connectivity index (χ1) is 10.1. The molecule has 6 heteroatoms. The lowest BCUT2D eigenvalue weighted by Gasteiger charge is -2.24. The molecule has 3 nitrogen and oxygen atoms in total. The molecule has 0 aliphatic rings. The van der Waals surface area contributed by atoms with Crippen LogP contribution in [0, 0.1) is 0 Å². The van der Waals surface area contributed by atoms with Crippen LogP contribution in [0.2, 0.25) is 5.02 Å². The Morgan fingerprint density at radius 3 is 2.67 bits per heavy atom. The van der Waals surface area contributed by atoms with E-state index in [1.807, 2.05) is 24.3 Å². The standard InChI is InChI=1S/C15H18ClN3S2/c1-19(2)13(14-8-5-9-21-14)10-17-15(20)18-12-7-4-3-6-11(12)16/h3-9,13H,10H2,1-2H3,(H2,17,18,20)/t13-/m0/s1. The second-order valence-electron chi connectivity index (χ2n) is 4.81. The molecule has 0 saturated heterocycles. The van der Waals surface area contributed by atoms with Gasteiger partial charge in [-0.05, 0) is 49.9 Å². The number of hydrogen-bond donors (Lipinski definition) is 2. The van der Waals surface area contributed by atoms with Gasteiger partial charge < -0.3 is 15.5 Å². The SMILES string of the molecule is CN(C)[C@@H](CNC(=S)Nc1ccccc1Cl)c1cccs1. The number of nitrogens with zero attached hydrogens (tertiary/aromatic N) is 1. The summed E-state index contributed by atoms with van der Waals surface area (Å²) in [6.07, 6.45) is 0. The third kappa shape index (κ3) is 4.68. The van der Waals surface area contributed by atoms with Crippen molar-refractivity contribution >= 4 is 46.0 Å². The van der Waals surface area contributed by atoms with Crippen molar-refractivity contribution in [1.29, 1.82) is 0 Å². The fraction of sp³-hybridized carbons (Fsp3) is 0.267. The van der Waals surface area contributed by atoms with E-state index in [-0.39, 0.29) is 6.04 Å². The molecule has 0 radical (unpaired) electrons. The van der Waals surface area contributed by atoms with Crippen molar-refractivity contribution in [3.05, 3.63) is 51.7 Å². The van der Waals surface area contributed by atoms with Crippen LogP contribution in [-0.2, 0) is 0 Å². The molecule has 1 heterocycles. The molecule has 0 aliphatic heterocycles. The predicted octanol–water partition coefficient (Wildman–Crippen LogP) is 3.99. The van der Waals surface area contributed by atoms with Crippen LogP contribution in [0.4, 0.5) is 5.69 Å². The number of anilines is 1. The second kappa shape index (κ2) is 7.75. The van der Waals surface area contributed by atoms with Crippen LogP contribution in [0.3, 0.4) is 0 Å². The Hall–Kier alpha value is -1.14. The molecule has 0 spiro atoms. The number of thiocarbonyl (C=S) groups is 1. The third-order valence-electron chi connectivity index (χ3n) is 3.07. The summed E-state index contributed by atoms with van der Waals surface area (Å²) < 4.78 is 0. The molecular formula is C15H18ClN3S2. The minimum atomic E-state index is 0.288. The van der Waals surface area contributed by atoms with Gasteiger partial charge in [0, 0.05) is 11.4 Å². The maximum absolute atomic E-state index is 6.11. The van der Waals surface area contributed by atoms with Crippen LogP contribution in [0.1, 0.15) is 10.9 Å². The average molecular weight is 340 g/mol. The Balaban J connectivity index is 1.92. The fourth-order valence-corrected chi connectivity index (χ4v) is 3.24. The number of thiophene rings is 1. The molecule has 0 unspecified atom stereocenters. The number of halogens is 1. The maximum Gasteiger partial charge on any atom is 0.170 e. The van der Waals surface area contributed by atoms with Gasteiger partial charge in [0.25, 0.3) is 0 Å². The van der Waals surface area contributed by atoms with Crippen molar-refractivity contribution in [3.63, 3.8) is 0 Å². The number of para-hydroxylation sites is 1. The highest BCUT2D eigenvalue weighted by molar-refractivity contribution is 7.80. The molecule has 0 fully saturated rings. The predicted molar refractivity (Wildman–Crippen MR) is 96.4 cm³/mol. The van der Waals surface area contributed by atoms with Crippen molar-refractivity contribution in [3.8, 4) is 0 Å². The van der Waals surface area contributed by atoms with Crippen LogP contribution in [-0.4, -0.2) is 30.7 Å². The molecule has 1 aromatic carbocycles. The van der Waals surface area contributed by atoms with E-state index in [9.17, 15) is 0 Å². The highest BCUT2D eigenvalue weighted by atomic mass is 35.5. The van der Waals surface area contributed by atoms with E-state index < -0.39 is 0 Å². The van der Waals surface area contributed by atoms with Gasteiger partial charge in [0.1, 0.15) is 0 Å². The Bertz CT molecular complexity index is 584. The summed E-state index contributed by atoms with van der Waals surface area (Å²) in [4.78, 5) is 3.49. The molecule has 0 amide bonds. The lowest BCUT2D eigenvalue weighted by molar-refractivity contribution is 0.303. The number of benzene rings is 1. The zero-order chi connectivity index (χ0) is 15.2. The van der Waals surface area contributed by atoms with Gasteiger partial charge in [-0.1, -0.05) is 29.8 Å². The summed E-state index contributed by atoms with van der Waals surface area (Å²) in [5.74, 6) is 0. The van der Waals surface area contributed by atoms with Crippen molar-refractivity contribution in [2.45, 2.75) is 6.04 Å². The van der Waals surface area contributed by atoms with E-state index >= 15 is 0 Å². The van der Waals surface area contributed by atoms with Crippen LogP contribution < -0.4 is 10.6 Å². The number of rotatable bonds is 5. The van der Waals surface area contributed by atoms with Gasteiger partial charge >= 0.3 is 0 Å². The molecule has 21 heavy (non-hydrogen) atoms. The Morgan fingerprint density at radius 1 is 1.29 bits per heavy atom. The van der Waals surface area contributed by atoms with Gasteiger partial charge in [0.2, 0.25) is 0 Å². The molecule has 2 rings (SSSR count). The second-order valence-corrected chi connectivity index (χ2v) is 6.60. The van der Waals surface area contributed by atoms with Crippen LogP contribution in [0.15, 0.2) is 41.8 Å². The minimum Gasteiger partial charge on any atom is -0.360 e. The lowest BCUT2D eigenvalue weighted by atomic mass is 10.2. The van der Waals surface area contributed by atoms with Gasteiger partial charge in [0.15, 0.2) is 5.11 Å². The van der Waals surface area contributed by atoms with Gasteiger partial charge in [-0.3, -0.25) is 0 Å². The summed E-state index contributed by atoms with van der Waals surface area (Å²) in [5.41, 5.74) is 0.814. The summed E-state index contributed by atoms with van der Waals surface area (Å²) in [7, 11) is 4.13. The van der Waals surface area contributed by atoms with Crippen molar-refractivity contribution in [2.24, 2.45) is 0 Å². The van der Waals surface area contributed by atoms with Crippen molar-refractivity contribution in [2.75, 3.05) is 26.0 Å². The fourth-order valence-electron chi connectivity index (χ4n) is 1.94.